The van der Waals surface area contributed by atoms with Crippen molar-refractivity contribution in [3.63, 3.8) is 0 Å². The highest BCUT2D eigenvalue weighted by molar-refractivity contribution is 5.94. The third kappa shape index (κ3) is 4.66. The predicted octanol–water partition coefficient (Wildman–Crippen LogP) is 1.93. The summed E-state index contributed by atoms with van der Waals surface area (Å²) in [5.74, 6) is 0.565. The van der Waals surface area contributed by atoms with E-state index in [9.17, 15) is 4.79 Å². The van der Waals surface area contributed by atoms with Crippen molar-refractivity contribution in [2.24, 2.45) is 16.8 Å². The fourth-order valence-corrected chi connectivity index (χ4v) is 1.92. The topological polar surface area (TPSA) is 88.2 Å². The van der Waals surface area contributed by atoms with E-state index in [1.54, 1.807) is 29.2 Å². The largest absolute Gasteiger partial charge is 0.494 e. The average molecular weight is 293 g/mol. The Morgan fingerprint density at radius 1 is 1.38 bits per heavy atom. The first-order valence-electron chi connectivity index (χ1n) is 7.03. The number of nitrogens with two attached hydrogens (primary N) is 1. The van der Waals surface area contributed by atoms with Crippen molar-refractivity contribution in [1.82, 2.24) is 4.90 Å². The van der Waals surface area contributed by atoms with Crippen molar-refractivity contribution in [1.29, 1.82) is 0 Å². The molecule has 0 fully saturated rings. The summed E-state index contributed by atoms with van der Waals surface area (Å²) in [6.45, 7) is 7.15. The third-order valence-electron chi connectivity index (χ3n) is 3.20. The maximum Gasteiger partial charge on any atom is 0.253 e. The summed E-state index contributed by atoms with van der Waals surface area (Å²) in [7, 11) is 0. The number of carbonyl (C=O) groups is 1. The number of carbonyl (C=O) groups excluding carboxylic acids is 1. The van der Waals surface area contributed by atoms with Crippen LogP contribution in [0.2, 0.25) is 0 Å². The van der Waals surface area contributed by atoms with Gasteiger partial charge in [0.1, 0.15) is 11.6 Å². The van der Waals surface area contributed by atoms with Gasteiger partial charge in [-0.25, -0.2) is 0 Å². The predicted molar refractivity (Wildman–Crippen MR) is 81.8 cm³/mol. The zero-order valence-electron chi connectivity index (χ0n) is 12.7. The van der Waals surface area contributed by atoms with Crippen LogP contribution in [0.1, 0.15) is 31.1 Å². The number of amides is 1. The number of rotatable bonds is 7. The molecule has 0 aliphatic rings. The van der Waals surface area contributed by atoms with Crippen molar-refractivity contribution < 1.29 is 14.7 Å². The van der Waals surface area contributed by atoms with Gasteiger partial charge in [-0.05, 0) is 38.1 Å². The maximum atomic E-state index is 12.4. The molecule has 21 heavy (non-hydrogen) atoms. The van der Waals surface area contributed by atoms with Gasteiger partial charge >= 0.3 is 0 Å². The molecular weight excluding hydrogens is 270 g/mol. The van der Waals surface area contributed by atoms with E-state index in [0.29, 0.717) is 25.3 Å². The molecule has 0 saturated heterocycles. The molecule has 1 aromatic carbocycles. The third-order valence-corrected chi connectivity index (χ3v) is 3.20. The van der Waals surface area contributed by atoms with Crippen LogP contribution >= 0.6 is 0 Å². The molecule has 0 heterocycles. The number of benzene rings is 1. The van der Waals surface area contributed by atoms with Gasteiger partial charge in [0.2, 0.25) is 0 Å². The molecule has 0 radical (unpaired) electrons. The van der Waals surface area contributed by atoms with Gasteiger partial charge in [-0.1, -0.05) is 12.1 Å². The Morgan fingerprint density at radius 3 is 2.48 bits per heavy atom. The van der Waals surface area contributed by atoms with Crippen LogP contribution in [0.25, 0.3) is 0 Å². The van der Waals surface area contributed by atoms with E-state index >= 15 is 0 Å². The van der Waals surface area contributed by atoms with Crippen molar-refractivity contribution in [2.75, 3.05) is 19.7 Å². The highest BCUT2D eigenvalue weighted by atomic mass is 16.5. The second-order valence-electron chi connectivity index (χ2n) is 4.73. The molecule has 0 aliphatic heterocycles. The fourth-order valence-electron chi connectivity index (χ4n) is 1.92. The molecule has 3 N–H and O–H groups in total. The van der Waals surface area contributed by atoms with E-state index in [1.165, 1.54) is 0 Å². The average Bonchev–Trinajstić information content (AvgIpc) is 2.51. The Bertz CT molecular complexity index is 485. The summed E-state index contributed by atoms with van der Waals surface area (Å²) < 4.78 is 5.35. The molecule has 1 amide bonds. The Morgan fingerprint density at radius 2 is 2.00 bits per heavy atom. The van der Waals surface area contributed by atoms with Gasteiger partial charge in [-0.2, -0.15) is 0 Å². The van der Waals surface area contributed by atoms with Crippen LogP contribution in [0, 0.1) is 5.92 Å². The Balaban J connectivity index is 2.78. The molecule has 0 spiro atoms. The number of ether oxygens (including phenoxy) is 1. The zero-order valence-corrected chi connectivity index (χ0v) is 12.7. The minimum absolute atomic E-state index is 0.0851. The van der Waals surface area contributed by atoms with Crippen LogP contribution < -0.4 is 10.5 Å². The lowest BCUT2D eigenvalue weighted by Crippen LogP contribution is -2.38. The van der Waals surface area contributed by atoms with Crippen LogP contribution in [0.3, 0.4) is 0 Å². The van der Waals surface area contributed by atoms with E-state index in [0.717, 1.165) is 5.75 Å². The van der Waals surface area contributed by atoms with E-state index in [-0.39, 0.29) is 17.7 Å². The lowest BCUT2D eigenvalue weighted by molar-refractivity contribution is 0.0754. The number of amidine groups is 1. The van der Waals surface area contributed by atoms with Gasteiger partial charge in [0.25, 0.3) is 5.91 Å². The summed E-state index contributed by atoms with van der Waals surface area (Å²) >= 11 is 0. The molecule has 0 saturated carbocycles. The Hall–Kier alpha value is -2.24. The highest BCUT2D eigenvalue weighted by Gasteiger charge is 2.18. The lowest BCUT2D eigenvalue weighted by Gasteiger charge is -2.24. The van der Waals surface area contributed by atoms with Gasteiger partial charge in [0, 0.05) is 24.6 Å². The fraction of sp³-hybridized carbons (Fsp3) is 0.467. The molecule has 0 aliphatic carbocycles. The van der Waals surface area contributed by atoms with Crippen LogP contribution in [-0.4, -0.2) is 41.5 Å². The minimum Gasteiger partial charge on any atom is -0.494 e. The minimum atomic E-state index is -0.207. The van der Waals surface area contributed by atoms with E-state index in [1.807, 2.05) is 20.8 Å². The molecule has 6 nitrogen and oxygen atoms in total. The standard InChI is InChI=1S/C15H23N3O3/c1-4-18(10-11(3)14(16)17-20)15(19)12-6-8-13(9-7-12)21-5-2/h6-9,11,20H,4-5,10H2,1-3H3,(H2,16,17). The maximum absolute atomic E-state index is 12.4. The number of nitrogens with zero attached hydrogens (tertiary/aromatic N) is 2. The quantitative estimate of drug-likeness (QED) is 0.348. The number of oxime groups is 1. The van der Waals surface area contributed by atoms with Gasteiger partial charge in [-0.3, -0.25) is 4.79 Å². The van der Waals surface area contributed by atoms with E-state index in [4.69, 9.17) is 15.7 Å². The second kappa shape index (κ2) is 8.14. The van der Waals surface area contributed by atoms with Crippen LogP contribution in [0.4, 0.5) is 0 Å². The summed E-state index contributed by atoms with van der Waals surface area (Å²) in [6.07, 6.45) is 0. The molecule has 1 atom stereocenters. The van der Waals surface area contributed by atoms with Gasteiger partial charge in [0.05, 0.1) is 6.61 Å². The summed E-state index contributed by atoms with van der Waals surface area (Å²) in [6, 6.07) is 7.03. The van der Waals surface area contributed by atoms with Crippen molar-refractivity contribution in [2.45, 2.75) is 20.8 Å². The summed E-state index contributed by atoms with van der Waals surface area (Å²) in [4.78, 5) is 14.1. The van der Waals surface area contributed by atoms with Gasteiger partial charge < -0.3 is 20.6 Å². The normalized spacial score (nSPS) is 12.8. The Labute approximate surface area is 125 Å². The molecule has 1 rings (SSSR count). The monoisotopic (exact) mass is 293 g/mol. The first kappa shape index (κ1) is 16.8. The van der Waals surface area contributed by atoms with Gasteiger partial charge in [-0.15, -0.1) is 0 Å². The van der Waals surface area contributed by atoms with Crippen LogP contribution in [0.15, 0.2) is 29.4 Å². The molecule has 116 valence electrons. The number of hydrogen-bond acceptors (Lipinski definition) is 4. The smallest absolute Gasteiger partial charge is 0.253 e. The number of hydrogen-bond donors (Lipinski definition) is 2. The van der Waals surface area contributed by atoms with Crippen molar-refractivity contribution in [3.05, 3.63) is 29.8 Å². The van der Waals surface area contributed by atoms with Crippen molar-refractivity contribution >= 4 is 11.7 Å². The molecular formula is C15H23N3O3. The molecule has 6 heteroatoms. The summed E-state index contributed by atoms with van der Waals surface area (Å²) in [5, 5.41) is 11.7. The molecule has 1 aromatic rings. The first-order valence-corrected chi connectivity index (χ1v) is 7.03. The molecule has 0 bridgehead atoms. The summed E-state index contributed by atoms with van der Waals surface area (Å²) in [5.41, 5.74) is 6.15. The van der Waals surface area contributed by atoms with Gasteiger partial charge in [0.15, 0.2) is 0 Å². The SMILES string of the molecule is CCOc1ccc(C(=O)N(CC)CC(C)C(N)=NO)cc1. The first-order chi connectivity index (χ1) is 10.0. The lowest BCUT2D eigenvalue weighted by atomic mass is 10.1. The zero-order chi connectivity index (χ0) is 15.8. The van der Waals surface area contributed by atoms with Crippen molar-refractivity contribution in [3.8, 4) is 5.75 Å². The van der Waals surface area contributed by atoms with E-state index in [2.05, 4.69) is 5.16 Å². The molecule has 0 aromatic heterocycles. The second-order valence-corrected chi connectivity index (χ2v) is 4.73. The highest BCUT2D eigenvalue weighted by Crippen LogP contribution is 2.14. The Kier molecular flexibility index (Phi) is 6.52. The van der Waals surface area contributed by atoms with Crippen LogP contribution in [0.5, 0.6) is 5.75 Å². The molecule has 1 unspecified atom stereocenters. The van der Waals surface area contributed by atoms with E-state index < -0.39 is 0 Å². The van der Waals surface area contributed by atoms with Crippen LogP contribution in [-0.2, 0) is 0 Å².